The number of aromatic nitrogens is 4. The van der Waals surface area contributed by atoms with Gasteiger partial charge in [-0.3, -0.25) is 4.68 Å². The zero-order chi connectivity index (χ0) is 20.1. The lowest BCUT2D eigenvalue weighted by atomic mass is 9.89. The summed E-state index contributed by atoms with van der Waals surface area (Å²) < 4.78 is 4.20. The molecule has 3 aromatic rings. The Morgan fingerprint density at radius 1 is 1.39 bits per heavy atom. The van der Waals surface area contributed by atoms with E-state index >= 15 is 0 Å². The van der Waals surface area contributed by atoms with Crippen LogP contribution in [0.4, 0.5) is 0 Å². The van der Waals surface area contributed by atoms with E-state index in [0.29, 0.717) is 6.42 Å². The minimum Gasteiger partial charge on any atom is -0.262 e. The van der Waals surface area contributed by atoms with Crippen LogP contribution in [0.1, 0.15) is 13.3 Å². The fraction of sp³-hybridized carbons (Fsp3) is 0.353. The lowest BCUT2D eigenvalue weighted by Gasteiger charge is -2.48. The van der Waals surface area contributed by atoms with Crippen LogP contribution in [0.15, 0.2) is 23.8 Å². The van der Waals surface area contributed by atoms with Crippen LogP contribution in [0.2, 0.25) is 5.28 Å². The average molecular weight is 435 g/mol. The SMILES string of the molecule is CCSN1CC(CC#N)(n2cc(-c3nc(Cl)nc4sccc34)cn2)C1.O=C=O. The van der Waals surface area contributed by atoms with Crippen LogP contribution in [0.5, 0.6) is 0 Å². The number of nitrogens with zero attached hydrogens (tertiary/aromatic N) is 6. The number of nitriles is 1. The highest BCUT2D eigenvalue weighted by Crippen LogP contribution is 2.38. The molecule has 11 heteroatoms. The Labute approximate surface area is 174 Å². The van der Waals surface area contributed by atoms with Crippen LogP contribution in [-0.2, 0) is 15.1 Å². The first-order valence-corrected chi connectivity index (χ1v) is 10.5. The van der Waals surface area contributed by atoms with Gasteiger partial charge in [0.1, 0.15) is 10.4 Å². The quantitative estimate of drug-likeness (QED) is 0.445. The van der Waals surface area contributed by atoms with Crippen molar-refractivity contribution in [3.8, 4) is 17.3 Å². The first kappa shape index (κ1) is 20.5. The van der Waals surface area contributed by atoms with Crippen molar-refractivity contribution in [3.05, 3.63) is 29.1 Å². The summed E-state index contributed by atoms with van der Waals surface area (Å²) in [5, 5.41) is 17.0. The van der Waals surface area contributed by atoms with Gasteiger partial charge < -0.3 is 0 Å². The van der Waals surface area contributed by atoms with Gasteiger partial charge >= 0.3 is 6.15 Å². The van der Waals surface area contributed by atoms with Crippen molar-refractivity contribution in [1.29, 1.82) is 5.26 Å². The van der Waals surface area contributed by atoms with Crippen LogP contribution in [0.3, 0.4) is 0 Å². The summed E-state index contributed by atoms with van der Waals surface area (Å²) in [6.45, 7) is 3.77. The van der Waals surface area contributed by atoms with Gasteiger partial charge in [0.05, 0.1) is 24.4 Å². The Morgan fingerprint density at radius 3 is 2.82 bits per heavy atom. The average Bonchev–Trinajstić information content (AvgIpc) is 3.29. The van der Waals surface area contributed by atoms with E-state index in [9.17, 15) is 5.26 Å². The maximum absolute atomic E-state index is 9.27. The molecule has 144 valence electrons. The van der Waals surface area contributed by atoms with Gasteiger partial charge in [0, 0.05) is 36.0 Å². The maximum Gasteiger partial charge on any atom is 0.373 e. The highest BCUT2D eigenvalue weighted by atomic mass is 35.5. The molecule has 0 atom stereocenters. The second-order valence-corrected chi connectivity index (χ2v) is 8.60. The van der Waals surface area contributed by atoms with Crippen molar-refractivity contribution in [2.45, 2.75) is 18.9 Å². The fourth-order valence-corrected chi connectivity index (χ4v) is 5.13. The van der Waals surface area contributed by atoms with Crippen molar-refractivity contribution < 1.29 is 9.59 Å². The molecule has 0 aliphatic carbocycles. The third-order valence-corrected chi connectivity index (χ3v) is 6.16. The second kappa shape index (κ2) is 8.82. The standard InChI is InChI=1S/C16H15ClN6S2.CO2/c1-2-25-22-9-16(10-22,4-5-18)23-8-11(7-19-23)13-12-3-6-24-14(12)21-15(17)20-13;2-1-3/h3,6-8H,2,4,9-10H2,1H3;. The van der Waals surface area contributed by atoms with E-state index < -0.39 is 0 Å². The number of thiophene rings is 1. The zero-order valence-corrected chi connectivity index (χ0v) is 17.2. The molecule has 0 radical (unpaired) electrons. The molecule has 28 heavy (non-hydrogen) atoms. The van der Waals surface area contributed by atoms with Gasteiger partial charge in [-0.05, 0) is 23.0 Å². The van der Waals surface area contributed by atoms with Gasteiger partial charge in [-0.1, -0.05) is 18.9 Å². The van der Waals surface area contributed by atoms with Crippen LogP contribution < -0.4 is 0 Å². The smallest absolute Gasteiger partial charge is 0.262 e. The third kappa shape index (κ3) is 3.94. The molecule has 4 rings (SSSR count). The molecule has 3 aromatic heterocycles. The number of hydrogen-bond donors (Lipinski definition) is 0. The van der Waals surface area contributed by atoms with Gasteiger partial charge in [-0.25, -0.2) is 14.3 Å². The van der Waals surface area contributed by atoms with E-state index in [1.165, 1.54) is 11.3 Å². The summed E-state index contributed by atoms with van der Waals surface area (Å²) in [6.07, 6.45) is 4.46. The summed E-state index contributed by atoms with van der Waals surface area (Å²) in [5.74, 6) is 1.03. The fourth-order valence-electron chi connectivity index (χ4n) is 3.12. The van der Waals surface area contributed by atoms with E-state index in [1.54, 1.807) is 18.1 Å². The van der Waals surface area contributed by atoms with Crippen LogP contribution in [-0.4, -0.2) is 49.0 Å². The molecule has 0 N–H and O–H groups in total. The van der Waals surface area contributed by atoms with Crippen molar-refractivity contribution in [3.63, 3.8) is 0 Å². The molecule has 0 unspecified atom stereocenters. The molecule has 1 fully saturated rings. The van der Waals surface area contributed by atoms with E-state index in [2.05, 4.69) is 32.4 Å². The lowest BCUT2D eigenvalue weighted by molar-refractivity contribution is -0.191. The summed E-state index contributed by atoms with van der Waals surface area (Å²) >= 11 is 9.41. The minimum atomic E-state index is -0.264. The molecule has 0 bridgehead atoms. The Kier molecular flexibility index (Phi) is 6.44. The highest BCUT2D eigenvalue weighted by molar-refractivity contribution is 7.97. The largest absolute Gasteiger partial charge is 0.373 e. The van der Waals surface area contributed by atoms with Gasteiger partial charge in [0.2, 0.25) is 5.28 Å². The molecule has 0 amide bonds. The van der Waals surface area contributed by atoms with Crippen molar-refractivity contribution in [2.24, 2.45) is 0 Å². The van der Waals surface area contributed by atoms with Gasteiger partial charge in [-0.15, -0.1) is 11.3 Å². The second-order valence-electron chi connectivity index (χ2n) is 6.01. The molecular weight excluding hydrogens is 420 g/mol. The number of hydrogen-bond acceptors (Lipinski definition) is 9. The summed E-state index contributed by atoms with van der Waals surface area (Å²) in [7, 11) is 0. The van der Waals surface area contributed by atoms with E-state index in [1.807, 2.05) is 22.3 Å². The summed E-state index contributed by atoms with van der Waals surface area (Å²) in [4.78, 5) is 25.8. The normalized spacial score (nSPS) is 15.2. The number of rotatable bonds is 5. The molecule has 4 heterocycles. The molecule has 0 spiro atoms. The Morgan fingerprint density at radius 2 is 2.14 bits per heavy atom. The highest BCUT2D eigenvalue weighted by Gasteiger charge is 2.45. The minimum absolute atomic E-state index is 0.235. The molecule has 1 saturated heterocycles. The molecular formula is C17H15ClN6O2S2. The first-order chi connectivity index (χ1) is 13.6. The maximum atomic E-state index is 9.27. The van der Waals surface area contributed by atoms with Gasteiger partial charge in [-0.2, -0.15) is 19.9 Å². The van der Waals surface area contributed by atoms with Crippen molar-refractivity contribution in [1.82, 2.24) is 24.1 Å². The Bertz CT molecular complexity index is 1050. The van der Waals surface area contributed by atoms with Crippen molar-refractivity contribution in [2.75, 3.05) is 18.8 Å². The van der Waals surface area contributed by atoms with E-state index in [-0.39, 0.29) is 17.0 Å². The molecule has 0 aromatic carbocycles. The molecule has 8 nitrogen and oxygen atoms in total. The molecule has 1 aliphatic rings. The number of carbonyl (C=O) groups excluding carboxylic acids is 2. The summed E-state index contributed by atoms with van der Waals surface area (Å²) in [6, 6.07) is 4.31. The molecule has 1 aliphatic heterocycles. The Hall–Kier alpha value is -2.28. The van der Waals surface area contributed by atoms with E-state index in [0.717, 1.165) is 40.3 Å². The number of fused-ring (bicyclic) bond motifs is 1. The number of halogens is 1. The van der Waals surface area contributed by atoms with Crippen LogP contribution in [0, 0.1) is 11.3 Å². The first-order valence-electron chi connectivity index (χ1n) is 8.27. The van der Waals surface area contributed by atoms with Crippen molar-refractivity contribution >= 4 is 51.3 Å². The Balaban J connectivity index is 0.000000706. The monoisotopic (exact) mass is 434 g/mol. The van der Waals surface area contributed by atoms with Crippen LogP contribution >= 0.6 is 34.9 Å². The van der Waals surface area contributed by atoms with E-state index in [4.69, 9.17) is 21.2 Å². The zero-order valence-electron chi connectivity index (χ0n) is 14.8. The molecule has 0 saturated carbocycles. The summed E-state index contributed by atoms with van der Waals surface area (Å²) in [5.41, 5.74) is 1.42. The third-order valence-electron chi connectivity index (χ3n) is 4.30. The predicted molar refractivity (Wildman–Crippen MR) is 107 cm³/mol. The van der Waals surface area contributed by atoms with Gasteiger partial charge in [0.15, 0.2) is 0 Å². The van der Waals surface area contributed by atoms with Gasteiger partial charge in [0.25, 0.3) is 0 Å². The van der Waals surface area contributed by atoms with Crippen LogP contribution in [0.25, 0.3) is 21.5 Å². The lowest BCUT2D eigenvalue weighted by Crippen LogP contribution is -2.60. The predicted octanol–water partition coefficient (Wildman–Crippen LogP) is 3.22. The topological polar surface area (TPSA) is 105 Å².